The summed E-state index contributed by atoms with van der Waals surface area (Å²) in [6, 6.07) is 2.99. The van der Waals surface area contributed by atoms with Gasteiger partial charge in [-0.15, -0.1) is 0 Å². The Morgan fingerprint density at radius 1 is 1.27 bits per heavy atom. The van der Waals surface area contributed by atoms with E-state index in [0.29, 0.717) is 17.9 Å². The van der Waals surface area contributed by atoms with E-state index in [1.54, 1.807) is 6.07 Å². The van der Waals surface area contributed by atoms with Gasteiger partial charge >= 0.3 is 0 Å². The summed E-state index contributed by atoms with van der Waals surface area (Å²) in [6.07, 6.45) is 2.64. The highest BCUT2D eigenvalue weighted by molar-refractivity contribution is 5.42. The predicted octanol–water partition coefficient (Wildman–Crippen LogP) is 3.53. The molecule has 1 unspecified atom stereocenters. The zero-order valence-corrected chi connectivity index (χ0v) is 9.19. The highest BCUT2D eigenvalue weighted by Crippen LogP contribution is 2.21. The minimum absolute atomic E-state index is 0.126. The quantitative estimate of drug-likeness (QED) is 0.761. The highest BCUT2D eigenvalue weighted by Gasteiger charge is 2.13. The average Bonchev–Trinajstić information content (AvgIpc) is 2.20. The number of anilines is 1. The van der Waals surface area contributed by atoms with E-state index >= 15 is 0 Å². The van der Waals surface area contributed by atoms with Crippen molar-refractivity contribution in [2.75, 3.05) is 5.73 Å². The fourth-order valence-electron chi connectivity index (χ4n) is 1.73. The van der Waals surface area contributed by atoms with E-state index in [4.69, 9.17) is 5.73 Å². The lowest BCUT2D eigenvalue weighted by atomic mass is 9.96. The molecule has 0 fully saturated rings. The van der Waals surface area contributed by atoms with Gasteiger partial charge in [-0.1, -0.05) is 32.8 Å². The Bertz CT molecular complexity index is 337. The van der Waals surface area contributed by atoms with Crippen molar-refractivity contribution in [1.29, 1.82) is 0 Å². The molecule has 0 amide bonds. The van der Waals surface area contributed by atoms with Crippen molar-refractivity contribution in [1.82, 2.24) is 0 Å². The van der Waals surface area contributed by atoms with Crippen LogP contribution < -0.4 is 5.73 Å². The van der Waals surface area contributed by atoms with Gasteiger partial charge in [-0.2, -0.15) is 0 Å². The minimum Gasteiger partial charge on any atom is -0.396 e. The largest absolute Gasteiger partial charge is 0.396 e. The first-order chi connectivity index (χ1) is 7.06. The molecule has 3 heteroatoms. The SMILES string of the molecule is CCCC(C)Cc1ccc(N)c(F)c1F. The zero-order chi connectivity index (χ0) is 11.4. The van der Waals surface area contributed by atoms with Crippen LogP contribution in [0.5, 0.6) is 0 Å². The Labute approximate surface area is 89.3 Å². The van der Waals surface area contributed by atoms with E-state index in [9.17, 15) is 8.78 Å². The summed E-state index contributed by atoms with van der Waals surface area (Å²) in [6.45, 7) is 4.12. The molecule has 2 N–H and O–H groups in total. The van der Waals surface area contributed by atoms with Crippen molar-refractivity contribution in [3.8, 4) is 0 Å². The van der Waals surface area contributed by atoms with Gasteiger partial charge in [0.2, 0.25) is 0 Å². The van der Waals surface area contributed by atoms with Crippen LogP contribution in [0.2, 0.25) is 0 Å². The van der Waals surface area contributed by atoms with Crippen molar-refractivity contribution in [3.63, 3.8) is 0 Å². The molecule has 15 heavy (non-hydrogen) atoms. The highest BCUT2D eigenvalue weighted by atomic mass is 19.2. The second kappa shape index (κ2) is 5.10. The van der Waals surface area contributed by atoms with Crippen LogP contribution in [0.15, 0.2) is 12.1 Å². The Morgan fingerprint density at radius 3 is 2.53 bits per heavy atom. The molecular formula is C12H17F2N. The summed E-state index contributed by atoms with van der Waals surface area (Å²) >= 11 is 0. The predicted molar refractivity (Wildman–Crippen MR) is 58.5 cm³/mol. The topological polar surface area (TPSA) is 26.0 Å². The van der Waals surface area contributed by atoms with Crippen LogP contribution in [0.25, 0.3) is 0 Å². The molecule has 84 valence electrons. The fourth-order valence-corrected chi connectivity index (χ4v) is 1.73. The number of benzene rings is 1. The first-order valence-electron chi connectivity index (χ1n) is 5.28. The van der Waals surface area contributed by atoms with E-state index in [1.165, 1.54) is 6.07 Å². The molecule has 0 bridgehead atoms. The van der Waals surface area contributed by atoms with Gasteiger partial charge in [-0.3, -0.25) is 0 Å². The van der Waals surface area contributed by atoms with Gasteiger partial charge in [0.1, 0.15) is 0 Å². The molecule has 1 aromatic rings. The Hall–Kier alpha value is -1.12. The van der Waals surface area contributed by atoms with E-state index < -0.39 is 11.6 Å². The average molecular weight is 213 g/mol. The van der Waals surface area contributed by atoms with Gasteiger partial charge in [0.25, 0.3) is 0 Å². The van der Waals surface area contributed by atoms with Crippen LogP contribution in [0.3, 0.4) is 0 Å². The molecule has 1 nitrogen and oxygen atoms in total. The lowest BCUT2D eigenvalue weighted by molar-refractivity contribution is 0.473. The standard InChI is InChI=1S/C12H17F2N/c1-3-4-8(2)7-9-5-6-10(15)12(14)11(9)13/h5-6,8H,3-4,7,15H2,1-2H3. The third kappa shape index (κ3) is 2.91. The van der Waals surface area contributed by atoms with Crippen LogP contribution in [0, 0.1) is 17.6 Å². The first-order valence-corrected chi connectivity index (χ1v) is 5.28. The Balaban J connectivity index is 2.82. The molecule has 0 spiro atoms. The molecule has 0 aliphatic heterocycles. The van der Waals surface area contributed by atoms with E-state index in [0.717, 1.165) is 12.8 Å². The number of nitrogens with two attached hydrogens (primary N) is 1. The maximum absolute atomic E-state index is 13.4. The summed E-state index contributed by atoms with van der Waals surface area (Å²) in [4.78, 5) is 0. The molecule has 1 atom stereocenters. The number of halogens is 2. The molecule has 0 saturated heterocycles. The maximum Gasteiger partial charge on any atom is 0.181 e. The first kappa shape index (κ1) is 12.0. The fraction of sp³-hybridized carbons (Fsp3) is 0.500. The molecule has 0 heterocycles. The van der Waals surface area contributed by atoms with Gasteiger partial charge in [0.05, 0.1) is 5.69 Å². The van der Waals surface area contributed by atoms with Gasteiger partial charge in [0, 0.05) is 0 Å². The summed E-state index contributed by atoms with van der Waals surface area (Å²) in [7, 11) is 0. The van der Waals surface area contributed by atoms with Crippen LogP contribution >= 0.6 is 0 Å². The van der Waals surface area contributed by atoms with Crippen LogP contribution in [-0.4, -0.2) is 0 Å². The molecule has 0 saturated carbocycles. The Kier molecular flexibility index (Phi) is 4.06. The summed E-state index contributed by atoms with van der Waals surface area (Å²) in [5.41, 5.74) is 5.56. The molecule has 0 aromatic heterocycles. The number of hydrogen-bond donors (Lipinski definition) is 1. The monoisotopic (exact) mass is 213 g/mol. The van der Waals surface area contributed by atoms with Crippen molar-refractivity contribution < 1.29 is 8.78 Å². The van der Waals surface area contributed by atoms with Gasteiger partial charge in [0.15, 0.2) is 11.6 Å². The number of hydrogen-bond acceptors (Lipinski definition) is 1. The minimum atomic E-state index is -0.920. The van der Waals surface area contributed by atoms with Crippen molar-refractivity contribution in [3.05, 3.63) is 29.3 Å². The molecular weight excluding hydrogens is 196 g/mol. The summed E-state index contributed by atoms with van der Waals surface area (Å²) in [5, 5.41) is 0. The second-order valence-corrected chi connectivity index (χ2v) is 4.04. The van der Waals surface area contributed by atoms with E-state index in [2.05, 4.69) is 6.92 Å². The van der Waals surface area contributed by atoms with Crippen LogP contribution in [-0.2, 0) is 6.42 Å². The van der Waals surface area contributed by atoms with Gasteiger partial charge in [-0.25, -0.2) is 8.78 Å². The van der Waals surface area contributed by atoms with Crippen molar-refractivity contribution in [2.45, 2.75) is 33.1 Å². The molecule has 1 aromatic carbocycles. The van der Waals surface area contributed by atoms with Gasteiger partial charge in [-0.05, 0) is 24.0 Å². The summed E-state index contributed by atoms with van der Waals surface area (Å²) < 4.78 is 26.5. The maximum atomic E-state index is 13.4. The smallest absolute Gasteiger partial charge is 0.181 e. The molecule has 0 aliphatic carbocycles. The molecule has 0 radical (unpaired) electrons. The third-order valence-corrected chi connectivity index (χ3v) is 2.54. The van der Waals surface area contributed by atoms with Crippen LogP contribution in [0.1, 0.15) is 32.3 Å². The zero-order valence-electron chi connectivity index (χ0n) is 9.19. The third-order valence-electron chi connectivity index (χ3n) is 2.54. The van der Waals surface area contributed by atoms with E-state index in [1.807, 2.05) is 6.92 Å². The molecule has 0 aliphatic rings. The van der Waals surface area contributed by atoms with E-state index in [-0.39, 0.29) is 5.69 Å². The second-order valence-electron chi connectivity index (χ2n) is 4.04. The lowest BCUT2D eigenvalue weighted by Crippen LogP contribution is -2.04. The number of nitrogen functional groups attached to an aromatic ring is 1. The van der Waals surface area contributed by atoms with Crippen molar-refractivity contribution in [2.24, 2.45) is 5.92 Å². The normalized spacial score (nSPS) is 12.8. The van der Waals surface area contributed by atoms with Gasteiger partial charge < -0.3 is 5.73 Å². The molecule has 1 rings (SSSR count). The number of rotatable bonds is 4. The summed E-state index contributed by atoms with van der Waals surface area (Å²) in [5.74, 6) is -1.35. The lowest BCUT2D eigenvalue weighted by Gasteiger charge is -2.11. The van der Waals surface area contributed by atoms with Crippen LogP contribution in [0.4, 0.5) is 14.5 Å². The van der Waals surface area contributed by atoms with Crippen molar-refractivity contribution >= 4 is 5.69 Å². The Morgan fingerprint density at radius 2 is 1.93 bits per heavy atom.